The molecule has 1 aliphatic carbocycles. The highest BCUT2D eigenvalue weighted by molar-refractivity contribution is 7.99. The third-order valence-electron chi connectivity index (χ3n) is 2.67. The molecule has 0 aromatic carbocycles. The quantitative estimate of drug-likeness (QED) is 0.818. The smallest absolute Gasteiger partial charge is 0.216 e. The second-order valence-electron chi connectivity index (χ2n) is 3.77. The van der Waals surface area contributed by atoms with E-state index in [1.54, 1.807) is 18.9 Å². The molecule has 1 aromatic rings. The van der Waals surface area contributed by atoms with Crippen LogP contribution >= 0.6 is 11.8 Å². The van der Waals surface area contributed by atoms with E-state index in [2.05, 4.69) is 15.2 Å². The van der Waals surface area contributed by atoms with Crippen LogP contribution in [0.15, 0.2) is 5.16 Å². The van der Waals surface area contributed by atoms with Gasteiger partial charge in [-0.25, -0.2) is 5.10 Å². The number of rotatable bonds is 3. The zero-order chi connectivity index (χ0) is 10.7. The van der Waals surface area contributed by atoms with Crippen molar-refractivity contribution in [2.75, 3.05) is 12.8 Å². The minimum Gasteiger partial charge on any atom is -0.381 e. The topological polar surface area (TPSA) is 76.8 Å². The Balaban J connectivity index is 1.88. The number of nitrogens with zero attached hydrogens (tertiary/aromatic N) is 2. The highest BCUT2D eigenvalue weighted by Gasteiger charge is 2.23. The van der Waals surface area contributed by atoms with E-state index >= 15 is 0 Å². The molecule has 84 valence electrons. The highest BCUT2D eigenvalue weighted by atomic mass is 32.2. The van der Waals surface area contributed by atoms with Gasteiger partial charge in [-0.05, 0) is 25.7 Å². The average molecular weight is 228 g/mol. The number of hydrogen-bond donors (Lipinski definition) is 2. The molecule has 0 saturated heterocycles. The van der Waals surface area contributed by atoms with Gasteiger partial charge in [0.2, 0.25) is 11.1 Å². The summed E-state index contributed by atoms with van der Waals surface area (Å²) < 4.78 is 5.38. The number of thioether (sulfide) groups is 1. The highest BCUT2D eigenvalue weighted by Crippen LogP contribution is 2.32. The first-order chi connectivity index (χ1) is 7.28. The van der Waals surface area contributed by atoms with Crippen molar-refractivity contribution in [1.29, 1.82) is 0 Å². The van der Waals surface area contributed by atoms with E-state index in [1.165, 1.54) is 19.3 Å². The molecule has 1 fully saturated rings. The maximum Gasteiger partial charge on any atom is 0.216 e. The van der Waals surface area contributed by atoms with Gasteiger partial charge in [-0.1, -0.05) is 11.8 Å². The summed E-state index contributed by atoms with van der Waals surface area (Å²) in [5.41, 5.74) is 5.47. The molecule has 1 aliphatic rings. The van der Waals surface area contributed by atoms with Crippen LogP contribution in [0.25, 0.3) is 0 Å². The molecular weight excluding hydrogens is 212 g/mol. The van der Waals surface area contributed by atoms with Crippen LogP contribution in [0.4, 0.5) is 5.95 Å². The van der Waals surface area contributed by atoms with Crippen LogP contribution in [-0.4, -0.2) is 33.6 Å². The largest absolute Gasteiger partial charge is 0.381 e. The molecule has 1 aromatic heterocycles. The van der Waals surface area contributed by atoms with Gasteiger partial charge in [0, 0.05) is 12.4 Å². The maximum absolute atomic E-state index is 5.47. The molecule has 6 heteroatoms. The fraction of sp³-hybridized carbons (Fsp3) is 0.778. The standard InChI is InChI=1S/C9H16N4OS/c1-14-6-3-2-4-7(5-6)15-9-11-8(10)12-13-9/h6-7H,2-5H2,1H3,(H3,10,11,12,13). The Bertz CT molecular complexity index is 317. The van der Waals surface area contributed by atoms with Crippen molar-refractivity contribution in [2.45, 2.75) is 42.2 Å². The lowest BCUT2D eigenvalue weighted by molar-refractivity contribution is 0.0730. The number of aromatic amines is 1. The maximum atomic E-state index is 5.47. The summed E-state index contributed by atoms with van der Waals surface area (Å²) in [6, 6.07) is 0. The van der Waals surface area contributed by atoms with Crippen LogP contribution < -0.4 is 5.73 Å². The summed E-state index contributed by atoms with van der Waals surface area (Å²) in [6.07, 6.45) is 5.07. The SMILES string of the molecule is COC1CCCC(Sc2n[nH]c(N)n2)C1. The first-order valence-electron chi connectivity index (χ1n) is 5.15. The van der Waals surface area contributed by atoms with E-state index in [-0.39, 0.29) is 0 Å². The van der Waals surface area contributed by atoms with Gasteiger partial charge in [-0.3, -0.25) is 0 Å². The third-order valence-corrected chi connectivity index (χ3v) is 3.82. The Labute approximate surface area is 93.2 Å². The van der Waals surface area contributed by atoms with Gasteiger partial charge in [-0.15, -0.1) is 5.10 Å². The van der Waals surface area contributed by atoms with E-state index in [1.807, 2.05) is 0 Å². The zero-order valence-corrected chi connectivity index (χ0v) is 9.59. The van der Waals surface area contributed by atoms with E-state index < -0.39 is 0 Å². The number of ether oxygens (including phenoxy) is 1. The first kappa shape index (κ1) is 10.8. The van der Waals surface area contributed by atoms with Crippen LogP contribution in [0, 0.1) is 0 Å². The van der Waals surface area contributed by atoms with Gasteiger partial charge in [-0.2, -0.15) is 4.98 Å². The van der Waals surface area contributed by atoms with Crippen LogP contribution in [0.1, 0.15) is 25.7 Å². The minimum atomic E-state index is 0.386. The Hall–Kier alpha value is -0.750. The fourth-order valence-corrected chi connectivity index (χ4v) is 3.03. The summed E-state index contributed by atoms with van der Waals surface area (Å²) in [7, 11) is 1.78. The summed E-state index contributed by atoms with van der Waals surface area (Å²) in [5, 5.41) is 7.97. The molecule has 3 N–H and O–H groups in total. The lowest BCUT2D eigenvalue weighted by Gasteiger charge is -2.26. The second-order valence-corrected chi connectivity index (χ2v) is 5.03. The van der Waals surface area contributed by atoms with Crippen molar-refractivity contribution >= 4 is 17.7 Å². The van der Waals surface area contributed by atoms with Crippen molar-refractivity contribution in [3.8, 4) is 0 Å². The summed E-state index contributed by atoms with van der Waals surface area (Å²) >= 11 is 1.69. The lowest BCUT2D eigenvalue weighted by atomic mass is 9.97. The van der Waals surface area contributed by atoms with Crippen molar-refractivity contribution in [3.63, 3.8) is 0 Å². The van der Waals surface area contributed by atoms with Crippen molar-refractivity contribution < 1.29 is 4.74 Å². The predicted molar refractivity (Wildman–Crippen MR) is 59.7 cm³/mol. The predicted octanol–water partition coefficient (Wildman–Crippen LogP) is 1.44. The molecule has 0 amide bonds. The number of nitrogens with two attached hydrogens (primary N) is 1. The van der Waals surface area contributed by atoms with Crippen LogP contribution in [0.3, 0.4) is 0 Å². The van der Waals surface area contributed by atoms with Gasteiger partial charge >= 0.3 is 0 Å². The normalized spacial score (nSPS) is 26.7. The van der Waals surface area contributed by atoms with Gasteiger partial charge in [0.15, 0.2) is 0 Å². The lowest BCUT2D eigenvalue weighted by Crippen LogP contribution is -2.23. The van der Waals surface area contributed by atoms with Gasteiger partial charge in [0.05, 0.1) is 6.10 Å². The number of H-pyrrole nitrogens is 1. The van der Waals surface area contributed by atoms with Crippen LogP contribution in [-0.2, 0) is 4.74 Å². The van der Waals surface area contributed by atoms with Crippen molar-refractivity contribution in [3.05, 3.63) is 0 Å². The van der Waals surface area contributed by atoms with Gasteiger partial charge in [0.25, 0.3) is 0 Å². The molecule has 5 nitrogen and oxygen atoms in total. The van der Waals surface area contributed by atoms with Crippen molar-refractivity contribution in [1.82, 2.24) is 15.2 Å². The average Bonchev–Trinajstić information content (AvgIpc) is 2.64. The molecule has 0 spiro atoms. The molecule has 1 saturated carbocycles. The summed E-state index contributed by atoms with van der Waals surface area (Å²) in [6.45, 7) is 0. The van der Waals surface area contributed by atoms with Gasteiger partial charge < -0.3 is 10.5 Å². The Morgan fingerprint density at radius 1 is 1.53 bits per heavy atom. The molecule has 1 heterocycles. The number of aromatic nitrogens is 3. The van der Waals surface area contributed by atoms with E-state index in [4.69, 9.17) is 10.5 Å². The van der Waals surface area contributed by atoms with E-state index in [9.17, 15) is 0 Å². The summed E-state index contributed by atoms with van der Waals surface area (Å²) in [4.78, 5) is 4.09. The number of methoxy groups -OCH3 is 1. The number of nitrogen functional groups attached to an aromatic ring is 1. The van der Waals surface area contributed by atoms with Crippen molar-refractivity contribution in [2.24, 2.45) is 0 Å². The molecule has 15 heavy (non-hydrogen) atoms. The molecule has 0 radical (unpaired) electrons. The van der Waals surface area contributed by atoms with Crippen LogP contribution in [0.5, 0.6) is 0 Å². The molecule has 2 unspecified atom stereocenters. The Kier molecular flexibility index (Phi) is 3.48. The number of anilines is 1. The van der Waals surface area contributed by atoms with Gasteiger partial charge in [0.1, 0.15) is 0 Å². The number of nitrogens with one attached hydrogen (secondary N) is 1. The summed E-state index contributed by atoms with van der Waals surface area (Å²) in [5.74, 6) is 0.386. The molecule has 0 bridgehead atoms. The first-order valence-corrected chi connectivity index (χ1v) is 6.03. The third kappa shape index (κ3) is 2.85. The Morgan fingerprint density at radius 3 is 3.07 bits per heavy atom. The monoisotopic (exact) mass is 228 g/mol. The van der Waals surface area contributed by atoms with Crippen LogP contribution in [0.2, 0.25) is 0 Å². The minimum absolute atomic E-state index is 0.386. The molecule has 2 atom stereocenters. The molecular formula is C9H16N4OS. The second kappa shape index (κ2) is 4.85. The molecule has 0 aliphatic heterocycles. The fourth-order valence-electron chi connectivity index (χ4n) is 1.88. The van der Waals surface area contributed by atoms with E-state index in [0.717, 1.165) is 11.6 Å². The van der Waals surface area contributed by atoms with E-state index in [0.29, 0.717) is 17.3 Å². The zero-order valence-electron chi connectivity index (χ0n) is 8.77. The Morgan fingerprint density at radius 2 is 2.40 bits per heavy atom. The number of hydrogen-bond acceptors (Lipinski definition) is 5. The molecule has 2 rings (SSSR count).